The van der Waals surface area contributed by atoms with Crippen molar-refractivity contribution in [1.29, 1.82) is 0 Å². The number of rotatable bonds is 2. The molecule has 0 radical (unpaired) electrons. The predicted molar refractivity (Wildman–Crippen MR) is 62.1 cm³/mol. The molecule has 2 fully saturated rings. The van der Waals surface area contributed by atoms with Gasteiger partial charge in [-0.3, -0.25) is 0 Å². The molecule has 2 rings (SSSR count). The molecule has 1 aliphatic heterocycles. The first-order valence-corrected chi connectivity index (χ1v) is 6.44. The maximum Gasteiger partial charge on any atom is 0.317 e. The van der Waals surface area contributed by atoms with Crippen LogP contribution in [0.15, 0.2) is 0 Å². The summed E-state index contributed by atoms with van der Waals surface area (Å²) in [6.45, 7) is 2.99. The van der Waals surface area contributed by atoms with E-state index < -0.39 is 0 Å². The van der Waals surface area contributed by atoms with E-state index >= 15 is 0 Å². The minimum Gasteiger partial charge on any atom is -0.358 e. The molecule has 0 bridgehead atoms. The smallest absolute Gasteiger partial charge is 0.317 e. The average molecular weight is 226 g/mol. The van der Waals surface area contributed by atoms with Crippen LogP contribution in [-0.4, -0.2) is 24.9 Å². The van der Waals surface area contributed by atoms with Crippen molar-refractivity contribution >= 4 is 6.03 Å². The van der Waals surface area contributed by atoms with Crippen LogP contribution in [-0.2, 0) is 4.74 Å². The van der Waals surface area contributed by atoms with Gasteiger partial charge in [-0.2, -0.15) is 0 Å². The van der Waals surface area contributed by atoms with Gasteiger partial charge in [0.15, 0.2) is 0 Å². The fraction of sp³-hybridized carbons (Fsp3) is 0.917. The molecule has 1 heterocycles. The van der Waals surface area contributed by atoms with E-state index in [1.807, 2.05) is 0 Å². The molecular weight excluding hydrogens is 204 g/mol. The minimum atomic E-state index is -0.0705. The van der Waals surface area contributed by atoms with E-state index in [4.69, 9.17) is 4.74 Å². The number of carbonyl (C=O) groups is 1. The third-order valence-corrected chi connectivity index (χ3v) is 3.65. The Morgan fingerprint density at radius 1 is 1.12 bits per heavy atom. The highest BCUT2D eigenvalue weighted by atomic mass is 16.5. The second-order valence-corrected chi connectivity index (χ2v) is 4.99. The quantitative estimate of drug-likeness (QED) is 0.756. The molecule has 4 nitrogen and oxygen atoms in total. The molecule has 3 unspecified atom stereocenters. The molecule has 0 aromatic carbocycles. The largest absolute Gasteiger partial charge is 0.358 e. The zero-order valence-electron chi connectivity index (χ0n) is 10.00. The van der Waals surface area contributed by atoms with E-state index in [0.717, 1.165) is 25.9 Å². The summed E-state index contributed by atoms with van der Waals surface area (Å²) in [5, 5.41) is 5.94. The van der Waals surface area contributed by atoms with Crippen molar-refractivity contribution in [2.24, 2.45) is 5.92 Å². The zero-order chi connectivity index (χ0) is 11.4. The molecule has 2 amide bonds. The SMILES string of the molecule is CC1CCCCC1NC(=O)NC1CCCO1. The van der Waals surface area contributed by atoms with Gasteiger partial charge in [-0.05, 0) is 31.6 Å². The number of nitrogens with one attached hydrogen (secondary N) is 2. The van der Waals surface area contributed by atoms with Crippen molar-refractivity contribution in [3.63, 3.8) is 0 Å². The molecule has 0 spiro atoms. The van der Waals surface area contributed by atoms with E-state index in [0.29, 0.717) is 12.0 Å². The van der Waals surface area contributed by atoms with Gasteiger partial charge in [0.05, 0.1) is 0 Å². The summed E-state index contributed by atoms with van der Waals surface area (Å²) < 4.78 is 5.37. The van der Waals surface area contributed by atoms with Crippen LogP contribution in [0.5, 0.6) is 0 Å². The second kappa shape index (κ2) is 5.53. The van der Waals surface area contributed by atoms with Crippen LogP contribution >= 0.6 is 0 Å². The molecule has 1 saturated carbocycles. The maximum atomic E-state index is 11.7. The van der Waals surface area contributed by atoms with Gasteiger partial charge in [0.1, 0.15) is 6.23 Å². The molecule has 1 aliphatic carbocycles. The summed E-state index contributed by atoms with van der Waals surface area (Å²) in [5.41, 5.74) is 0. The zero-order valence-corrected chi connectivity index (χ0v) is 10.00. The number of amides is 2. The van der Waals surface area contributed by atoms with Crippen LogP contribution in [0.2, 0.25) is 0 Å². The lowest BCUT2D eigenvalue weighted by molar-refractivity contribution is 0.0894. The average Bonchev–Trinajstić information content (AvgIpc) is 2.74. The van der Waals surface area contributed by atoms with E-state index in [1.165, 1.54) is 19.3 Å². The number of ether oxygens (including phenoxy) is 1. The molecule has 92 valence electrons. The van der Waals surface area contributed by atoms with E-state index in [1.54, 1.807) is 0 Å². The minimum absolute atomic E-state index is 0.0642. The number of hydrogen-bond donors (Lipinski definition) is 2. The highest BCUT2D eigenvalue weighted by molar-refractivity contribution is 5.74. The summed E-state index contributed by atoms with van der Waals surface area (Å²) in [6.07, 6.45) is 6.78. The molecule has 0 aromatic rings. The Hall–Kier alpha value is -0.770. The van der Waals surface area contributed by atoms with E-state index in [9.17, 15) is 4.79 Å². The Labute approximate surface area is 97.1 Å². The fourth-order valence-electron chi connectivity index (χ4n) is 2.58. The number of urea groups is 1. The Morgan fingerprint density at radius 3 is 2.62 bits per heavy atom. The first-order chi connectivity index (χ1) is 7.75. The van der Waals surface area contributed by atoms with Gasteiger partial charge in [0.25, 0.3) is 0 Å². The van der Waals surface area contributed by atoms with Gasteiger partial charge in [-0.1, -0.05) is 19.8 Å². The lowest BCUT2D eigenvalue weighted by atomic mass is 9.86. The third-order valence-electron chi connectivity index (χ3n) is 3.65. The summed E-state index contributed by atoms with van der Waals surface area (Å²) in [7, 11) is 0. The van der Waals surface area contributed by atoms with Crippen molar-refractivity contribution in [3.8, 4) is 0 Å². The van der Waals surface area contributed by atoms with E-state index in [2.05, 4.69) is 17.6 Å². The topological polar surface area (TPSA) is 50.4 Å². The van der Waals surface area contributed by atoms with E-state index in [-0.39, 0.29) is 12.3 Å². The maximum absolute atomic E-state index is 11.7. The lowest BCUT2D eigenvalue weighted by Crippen LogP contribution is -2.48. The van der Waals surface area contributed by atoms with Gasteiger partial charge < -0.3 is 15.4 Å². The first kappa shape index (κ1) is 11.7. The summed E-state index contributed by atoms with van der Waals surface area (Å²) in [4.78, 5) is 11.7. The van der Waals surface area contributed by atoms with Gasteiger partial charge in [-0.15, -0.1) is 0 Å². The second-order valence-electron chi connectivity index (χ2n) is 4.99. The van der Waals surface area contributed by atoms with Crippen LogP contribution in [0.1, 0.15) is 45.4 Å². The summed E-state index contributed by atoms with van der Waals surface area (Å²) in [5.74, 6) is 0.601. The molecular formula is C12H22N2O2. The van der Waals surface area contributed by atoms with Crippen molar-refractivity contribution < 1.29 is 9.53 Å². The normalized spacial score (nSPS) is 34.7. The van der Waals surface area contributed by atoms with Gasteiger partial charge >= 0.3 is 6.03 Å². The number of carbonyl (C=O) groups excluding carboxylic acids is 1. The molecule has 1 saturated heterocycles. The predicted octanol–water partition coefficient (Wildman–Crippen LogP) is 2.00. The highest BCUT2D eigenvalue weighted by Crippen LogP contribution is 2.23. The van der Waals surface area contributed by atoms with Gasteiger partial charge in [0.2, 0.25) is 0 Å². The fourth-order valence-corrected chi connectivity index (χ4v) is 2.58. The van der Waals surface area contributed by atoms with Gasteiger partial charge in [0, 0.05) is 12.6 Å². The third kappa shape index (κ3) is 3.11. The first-order valence-electron chi connectivity index (χ1n) is 6.44. The molecule has 3 atom stereocenters. The molecule has 16 heavy (non-hydrogen) atoms. The number of hydrogen-bond acceptors (Lipinski definition) is 2. The Morgan fingerprint density at radius 2 is 1.94 bits per heavy atom. The van der Waals surface area contributed by atoms with Crippen molar-refractivity contribution in [2.45, 2.75) is 57.7 Å². The molecule has 0 aromatic heterocycles. The molecule has 2 N–H and O–H groups in total. The van der Waals surface area contributed by atoms with Crippen LogP contribution in [0.3, 0.4) is 0 Å². The Kier molecular flexibility index (Phi) is 4.04. The Balaban J connectivity index is 1.72. The molecule has 4 heteroatoms. The lowest BCUT2D eigenvalue weighted by Gasteiger charge is -2.29. The summed E-state index contributed by atoms with van der Waals surface area (Å²) in [6, 6.07) is 0.279. The van der Waals surface area contributed by atoms with Crippen molar-refractivity contribution in [3.05, 3.63) is 0 Å². The summed E-state index contributed by atoms with van der Waals surface area (Å²) >= 11 is 0. The highest BCUT2D eigenvalue weighted by Gasteiger charge is 2.24. The van der Waals surface area contributed by atoms with Crippen molar-refractivity contribution in [1.82, 2.24) is 10.6 Å². The monoisotopic (exact) mass is 226 g/mol. The van der Waals surface area contributed by atoms with Gasteiger partial charge in [-0.25, -0.2) is 4.79 Å². The van der Waals surface area contributed by atoms with Crippen LogP contribution in [0.25, 0.3) is 0 Å². The standard InChI is InChI=1S/C12H22N2O2/c1-9-5-2-3-6-10(9)13-12(15)14-11-7-4-8-16-11/h9-11H,2-8H2,1H3,(H2,13,14,15). The van der Waals surface area contributed by atoms with Crippen LogP contribution < -0.4 is 10.6 Å². The molecule has 2 aliphatic rings. The Bertz CT molecular complexity index is 239. The van der Waals surface area contributed by atoms with Crippen molar-refractivity contribution in [2.75, 3.05) is 6.61 Å². The van der Waals surface area contributed by atoms with Crippen LogP contribution in [0, 0.1) is 5.92 Å². The van der Waals surface area contributed by atoms with Crippen LogP contribution in [0.4, 0.5) is 4.79 Å².